The van der Waals surface area contributed by atoms with E-state index in [4.69, 9.17) is 0 Å². The zero-order valence-electron chi connectivity index (χ0n) is 14.6. The van der Waals surface area contributed by atoms with Gasteiger partial charge in [-0.05, 0) is 42.4 Å². The molecule has 130 valence electrons. The number of nitrogens with one attached hydrogen (secondary N) is 2. The predicted octanol–water partition coefficient (Wildman–Crippen LogP) is 2.45. The number of benzene rings is 1. The molecule has 2 N–H and O–H groups in total. The highest BCUT2D eigenvalue weighted by atomic mass is 16.2. The minimum atomic E-state index is -0.297. The van der Waals surface area contributed by atoms with Crippen molar-refractivity contribution in [2.75, 3.05) is 6.54 Å². The summed E-state index contributed by atoms with van der Waals surface area (Å²) in [7, 11) is 0. The van der Waals surface area contributed by atoms with E-state index in [9.17, 15) is 14.4 Å². The maximum atomic E-state index is 12.1. The lowest BCUT2D eigenvalue weighted by Gasteiger charge is -2.17. The van der Waals surface area contributed by atoms with Crippen molar-refractivity contribution in [2.45, 2.75) is 46.5 Å². The topological polar surface area (TPSA) is 75.3 Å². The van der Waals surface area contributed by atoms with Crippen molar-refractivity contribution in [1.29, 1.82) is 0 Å². The van der Waals surface area contributed by atoms with Crippen molar-refractivity contribution in [1.82, 2.24) is 10.6 Å². The van der Waals surface area contributed by atoms with Gasteiger partial charge in [-0.3, -0.25) is 19.7 Å². The molecular weight excluding hydrogens is 304 g/mol. The van der Waals surface area contributed by atoms with Crippen LogP contribution in [0.5, 0.6) is 0 Å². The number of carbonyl (C=O) groups is 3. The molecule has 0 radical (unpaired) electrons. The molecule has 3 amide bonds. The first-order chi connectivity index (χ1) is 11.2. The molecule has 0 saturated carbocycles. The Morgan fingerprint density at radius 3 is 2.42 bits per heavy atom. The van der Waals surface area contributed by atoms with E-state index in [2.05, 4.69) is 31.4 Å². The Balaban J connectivity index is 1.82. The molecule has 0 spiro atoms. The minimum absolute atomic E-state index is 0.0794. The molecule has 1 saturated heterocycles. The molecule has 2 rings (SSSR count). The van der Waals surface area contributed by atoms with Crippen LogP contribution in [0, 0.1) is 11.3 Å². The average molecular weight is 330 g/mol. The van der Waals surface area contributed by atoms with Crippen molar-refractivity contribution in [3.8, 4) is 0 Å². The molecule has 1 aliphatic heterocycles. The smallest absolute Gasteiger partial charge is 0.251 e. The molecule has 1 atom stereocenters. The van der Waals surface area contributed by atoms with Crippen LogP contribution in [0.4, 0.5) is 0 Å². The molecule has 5 nitrogen and oxygen atoms in total. The molecule has 24 heavy (non-hydrogen) atoms. The number of rotatable bonds is 6. The lowest BCUT2D eigenvalue weighted by molar-refractivity contribution is -0.125. The van der Waals surface area contributed by atoms with E-state index in [1.165, 1.54) is 0 Å². The van der Waals surface area contributed by atoms with Crippen LogP contribution < -0.4 is 10.6 Å². The first-order valence-corrected chi connectivity index (χ1v) is 8.45. The summed E-state index contributed by atoms with van der Waals surface area (Å²) >= 11 is 0. The molecule has 1 aliphatic rings. The molecule has 0 aliphatic carbocycles. The van der Waals surface area contributed by atoms with Gasteiger partial charge in [0, 0.05) is 18.5 Å². The van der Waals surface area contributed by atoms with Crippen LogP contribution in [-0.4, -0.2) is 24.3 Å². The standard InChI is InChI=1S/C19H26N2O3/c1-19(2,3)9-4-10-20-17(23)14-7-5-13(6-8-14)11-15-12-16(22)21-18(15)24/h5-8,15H,4,9-12H2,1-3H3,(H,20,23)(H,21,22,24)/t15-/m1/s1. The van der Waals surface area contributed by atoms with E-state index in [1.807, 2.05) is 12.1 Å². The van der Waals surface area contributed by atoms with Crippen molar-refractivity contribution in [2.24, 2.45) is 11.3 Å². The summed E-state index contributed by atoms with van der Waals surface area (Å²) in [6.07, 6.45) is 2.78. The Hall–Kier alpha value is -2.17. The second kappa shape index (κ2) is 7.60. The number of imide groups is 1. The molecule has 1 aromatic rings. The number of amides is 3. The highest BCUT2D eigenvalue weighted by Crippen LogP contribution is 2.20. The maximum absolute atomic E-state index is 12.1. The molecule has 1 heterocycles. The molecule has 5 heteroatoms. The first kappa shape index (κ1) is 18.2. The summed E-state index contributed by atoms with van der Waals surface area (Å²) in [4.78, 5) is 34.9. The van der Waals surface area contributed by atoms with Gasteiger partial charge < -0.3 is 5.32 Å². The van der Waals surface area contributed by atoms with Crippen LogP contribution >= 0.6 is 0 Å². The summed E-state index contributed by atoms with van der Waals surface area (Å²) in [5.74, 6) is -0.796. The van der Waals surface area contributed by atoms with Gasteiger partial charge in [0.1, 0.15) is 0 Å². The minimum Gasteiger partial charge on any atom is -0.352 e. The largest absolute Gasteiger partial charge is 0.352 e. The van der Waals surface area contributed by atoms with Crippen LogP contribution in [0.3, 0.4) is 0 Å². The predicted molar refractivity (Wildman–Crippen MR) is 92.4 cm³/mol. The highest BCUT2D eigenvalue weighted by Gasteiger charge is 2.30. The fourth-order valence-electron chi connectivity index (χ4n) is 2.77. The Morgan fingerprint density at radius 1 is 1.21 bits per heavy atom. The van der Waals surface area contributed by atoms with E-state index >= 15 is 0 Å². The monoisotopic (exact) mass is 330 g/mol. The van der Waals surface area contributed by atoms with Gasteiger partial charge in [0.25, 0.3) is 5.91 Å². The van der Waals surface area contributed by atoms with E-state index < -0.39 is 0 Å². The van der Waals surface area contributed by atoms with Gasteiger partial charge in [-0.15, -0.1) is 0 Å². The molecule has 0 bridgehead atoms. The van der Waals surface area contributed by atoms with Crippen molar-refractivity contribution in [3.63, 3.8) is 0 Å². The lowest BCUT2D eigenvalue weighted by atomic mass is 9.91. The van der Waals surface area contributed by atoms with Crippen LogP contribution in [0.15, 0.2) is 24.3 Å². The lowest BCUT2D eigenvalue weighted by Crippen LogP contribution is -2.25. The van der Waals surface area contributed by atoms with Crippen LogP contribution in [0.1, 0.15) is 56.0 Å². The molecule has 1 fully saturated rings. The van der Waals surface area contributed by atoms with Gasteiger partial charge >= 0.3 is 0 Å². The molecule has 1 aromatic carbocycles. The normalized spacial score (nSPS) is 17.7. The third-order valence-electron chi connectivity index (χ3n) is 4.15. The van der Waals surface area contributed by atoms with Crippen molar-refractivity contribution < 1.29 is 14.4 Å². The third kappa shape index (κ3) is 5.48. The van der Waals surface area contributed by atoms with Gasteiger partial charge in [0.2, 0.25) is 11.8 Å². The fraction of sp³-hybridized carbons (Fsp3) is 0.526. The average Bonchev–Trinajstić information content (AvgIpc) is 2.81. The van der Waals surface area contributed by atoms with Crippen molar-refractivity contribution in [3.05, 3.63) is 35.4 Å². The number of hydrogen-bond donors (Lipinski definition) is 2. The maximum Gasteiger partial charge on any atom is 0.251 e. The Morgan fingerprint density at radius 2 is 1.88 bits per heavy atom. The fourth-order valence-corrected chi connectivity index (χ4v) is 2.77. The Bertz CT molecular complexity index is 614. The van der Waals surface area contributed by atoms with Gasteiger partial charge in [-0.1, -0.05) is 32.9 Å². The van der Waals surface area contributed by atoms with Crippen LogP contribution in [-0.2, 0) is 16.0 Å². The molecule has 0 aromatic heterocycles. The van der Waals surface area contributed by atoms with Gasteiger partial charge in [0.15, 0.2) is 0 Å². The summed E-state index contributed by atoms with van der Waals surface area (Å²) < 4.78 is 0. The number of carbonyl (C=O) groups excluding carboxylic acids is 3. The second-order valence-corrected chi connectivity index (χ2v) is 7.63. The SMILES string of the molecule is CC(C)(C)CCCNC(=O)c1ccc(C[C@@H]2CC(=O)NC2=O)cc1. The van der Waals surface area contributed by atoms with Crippen molar-refractivity contribution >= 4 is 17.7 Å². The van der Waals surface area contributed by atoms with E-state index in [1.54, 1.807) is 12.1 Å². The Labute approximate surface area is 143 Å². The quantitative estimate of drug-likeness (QED) is 0.621. The number of hydrogen-bond acceptors (Lipinski definition) is 3. The highest BCUT2D eigenvalue weighted by molar-refractivity contribution is 6.03. The Kier molecular flexibility index (Phi) is 5.75. The first-order valence-electron chi connectivity index (χ1n) is 8.45. The van der Waals surface area contributed by atoms with Crippen LogP contribution in [0.25, 0.3) is 0 Å². The van der Waals surface area contributed by atoms with E-state index in [0.29, 0.717) is 18.5 Å². The second-order valence-electron chi connectivity index (χ2n) is 7.63. The molecule has 0 unspecified atom stereocenters. The zero-order valence-corrected chi connectivity index (χ0v) is 14.6. The molecular formula is C19H26N2O3. The van der Waals surface area contributed by atoms with E-state index in [0.717, 1.165) is 18.4 Å². The zero-order chi connectivity index (χ0) is 17.7. The van der Waals surface area contributed by atoms with Crippen LogP contribution in [0.2, 0.25) is 0 Å². The van der Waals surface area contributed by atoms with Gasteiger partial charge in [0.05, 0.1) is 5.92 Å². The van der Waals surface area contributed by atoms with E-state index in [-0.39, 0.29) is 35.5 Å². The summed E-state index contributed by atoms with van der Waals surface area (Å²) in [6.45, 7) is 7.23. The summed E-state index contributed by atoms with van der Waals surface area (Å²) in [5.41, 5.74) is 1.84. The van der Waals surface area contributed by atoms with Gasteiger partial charge in [-0.25, -0.2) is 0 Å². The summed E-state index contributed by atoms with van der Waals surface area (Å²) in [5, 5.41) is 5.24. The summed E-state index contributed by atoms with van der Waals surface area (Å²) in [6, 6.07) is 7.23. The third-order valence-corrected chi connectivity index (χ3v) is 4.15. The van der Waals surface area contributed by atoms with Gasteiger partial charge in [-0.2, -0.15) is 0 Å².